The van der Waals surface area contributed by atoms with Crippen LogP contribution in [0.5, 0.6) is 11.5 Å². The molecule has 1 aromatic rings. The Morgan fingerprint density at radius 2 is 2.04 bits per heavy atom. The molecule has 0 bridgehead atoms. The summed E-state index contributed by atoms with van der Waals surface area (Å²) in [5, 5.41) is 0.378. The number of carbonyl (C=O) groups is 3. The molecule has 150 valence electrons. The minimum Gasteiger partial charge on any atom is -0.486 e. The number of rotatable bonds is 5. The molecule has 0 saturated carbocycles. The number of halogens is 1. The zero-order valence-electron chi connectivity index (χ0n) is 15.2. The van der Waals surface area contributed by atoms with E-state index in [0.29, 0.717) is 48.3 Å². The molecule has 28 heavy (non-hydrogen) atoms. The third kappa shape index (κ3) is 4.75. The summed E-state index contributed by atoms with van der Waals surface area (Å²) in [5.41, 5.74) is 5.97. The zero-order valence-corrected chi connectivity index (χ0v) is 15.9. The first-order valence-corrected chi connectivity index (χ1v) is 9.36. The number of esters is 1. The predicted molar refractivity (Wildman–Crippen MR) is 101 cm³/mol. The fourth-order valence-corrected chi connectivity index (χ4v) is 3.45. The highest BCUT2D eigenvalue weighted by Gasteiger charge is 2.30. The monoisotopic (exact) mass is 408 g/mol. The van der Waals surface area contributed by atoms with Crippen LogP contribution in [-0.4, -0.2) is 55.1 Å². The van der Waals surface area contributed by atoms with E-state index in [1.807, 2.05) is 0 Å². The van der Waals surface area contributed by atoms with Crippen LogP contribution in [0.2, 0.25) is 5.02 Å². The number of nitrogens with zero attached hydrogens (tertiary/aromatic N) is 1. The first kappa shape index (κ1) is 20.0. The smallest absolute Gasteiger partial charge is 0.331 e. The molecule has 0 unspecified atom stereocenters. The summed E-state index contributed by atoms with van der Waals surface area (Å²) in [4.78, 5) is 37.1. The van der Waals surface area contributed by atoms with Crippen molar-refractivity contribution in [2.75, 3.05) is 26.4 Å². The molecule has 2 aliphatic rings. The largest absolute Gasteiger partial charge is 0.486 e. The van der Waals surface area contributed by atoms with Gasteiger partial charge in [0.15, 0.2) is 18.1 Å². The number of fused-ring (bicyclic) bond motifs is 1. The molecule has 0 aromatic heterocycles. The van der Waals surface area contributed by atoms with Crippen molar-refractivity contribution in [3.63, 3.8) is 0 Å². The van der Waals surface area contributed by atoms with Crippen LogP contribution in [0.4, 0.5) is 0 Å². The van der Waals surface area contributed by atoms with Crippen molar-refractivity contribution in [3.05, 3.63) is 28.8 Å². The molecule has 2 N–H and O–H groups in total. The molecule has 2 heterocycles. The van der Waals surface area contributed by atoms with E-state index in [0.717, 1.165) is 12.8 Å². The number of piperidine rings is 1. The molecular weight excluding hydrogens is 388 g/mol. The van der Waals surface area contributed by atoms with Crippen molar-refractivity contribution in [1.29, 1.82) is 0 Å². The Morgan fingerprint density at radius 3 is 2.82 bits per heavy atom. The van der Waals surface area contributed by atoms with Crippen LogP contribution >= 0.6 is 11.6 Å². The average Bonchev–Trinajstić information content (AvgIpc) is 2.70. The number of likely N-dealkylation sites (tertiary alicyclic amines) is 1. The lowest BCUT2D eigenvalue weighted by Crippen LogP contribution is -2.51. The number of hydrogen-bond donors (Lipinski definition) is 1. The molecule has 1 fully saturated rings. The molecule has 1 saturated heterocycles. The number of benzene rings is 1. The van der Waals surface area contributed by atoms with Crippen LogP contribution in [0.25, 0.3) is 6.08 Å². The molecule has 0 aliphatic carbocycles. The van der Waals surface area contributed by atoms with E-state index in [4.69, 9.17) is 31.5 Å². The number of carbonyl (C=O) groups excluding carboxylic acids is 3. The van der Waals surface area contributed by atoms with Gasteiger partial charge in [-0.25, -0.2) is 4.79 Å². The Bertz CT molecular complexity index is 810. The first-order valence-electron chi connectivity index (χ1n) is 8.98. The van der Waals surface area contributed by atoms with E-state index in [1.54, 1.807) is 12.1 Å². The maximum atomic E-state index is 12.3. The SMILES string of the molecule is NC(=O)[C@H]1CCCCN1C(=O)COC(=O)/C=C/c1cc(Cl)c2c(c1)OCCO2. The van der Waals surface area contributed by atoms with E-state index in [2.05, 4.69) is 0 Å². The number of primary amides is 1. The van der Waals surface area contributed by atoms with E-state index >= 15 is 0 Å². The van der Waals surface area contributed by atoms with Crippen LogP contribution in [0.15, 0.2) is 18.2 Å². The molecular formula is C19H21ClN2O6. The van der Waals surface area contributed by atoms with Crippen LogP contribution in [0, 0.1) is 0 Å². The summed E-state index contributed by atoms with van der Waals surface area (Å²) in [6.07, 6.45) is 4.84. The second-order valence-electron chi connectivity index (χ2n) is 6.47. The van der Waals surface area contributed by atoms with Gasteiger partial charge in [-0.3, -0.25) is 9.59 Å². The van der Waals surface area contributed by atoms with Crippen molar-refractivity contribution in [1.82, 2.24) is 4.90 Å². The van der Waals surface area contributed by atoms with Gasteiger partial charge in [-0.1, -0.05) is 11.6 Å². The first-order chi connectivity index (χ1) is 13.5. The minimum absolute atomic E-state index is 0.378. The summed E-state index contributed by atoms with van der Waals surface area (Å²) >= 11 is 6.15. The highest BCUT2D eigenvalue weighted by molar-refractivity contribution is 6.32. The molecule has 8 nitrogen and oxygen atoms in total. The lowest BCUT2D eigenvalue weighted by molar-refractivity contribution is -0.151. The van der Waals surface area contributed by atoms with E-state index < -0.39 is 30.4 Å². The summed E-state index contributed by atoms with van der Waals surface area (Å²) in [7, 11) is 0. The fraction of sp³-hybridized carbons (Fsp3) is 0.421. The summed E-state index contributed by atoms with van der Waals surface area (Å²) in [5.74, 6) is -0.692. The molecule has 0 spiro atoms. The van der Waals surface area contributed by atoms with Crippen LogP contribution in [0.1, 0.15) is 24.8 Å². The number of ether oxygens (including phenoxy) is 3. The lowest BCUT2D eigenvalue weighted by atomic mass is 10.0. The Hall–Kier alpha value is -2.74. The van der Waals surface area contributed by atoms with Crippen molar-refractivity contribution in [3.8, 4) is 11.5 Å². The van der Waals surface area contributed by atoms with Gasteiger partial charge in [-0.2, -0.15) is 0 Å². The standard InChI is InChI=1S/C19H21ClN2O6/c20-13-9-12(10-15-18(13)27-8-7-26-15)4-5-17(24)28-11-16(23)22-6-2-1-3-14(22)19(21)25/h4-5,9-10,14H,1-3,6-8,11H2,(H2,21,25)/b5-4+/t14-/m1/s1. The quantitative estimate of drug-likeness (QED) is 0.584. The molecule has 3 rings (SSSR count). The Labute approximate surface area is 167 Å². The predicted octanol–water partition coefficient (Wildman–Crippen LogP) is 1.53. The minimum atomic E-state index is -0.688. The van der Waals surface area contributed by atoms with E-state index in [9.17, 15) is 14.4 Å². The summed E-state index contributed by atoms with van der Waals surface area (Å²) < 4.78 is 15.9. The summed E-state index contributed by atoms with van der Waals surface area (Å²) in [6.45, 7) is 0.823. The normalized spacial score (nSPS) is 18.8. The number of amides is 2. The van der Waals surface area contributed by atoms with Gasteiger partial charge in [0.25, 0.3) is 5.91 Å². The van der Waals surface area contributed by atoms with Crippen molar-refractivity contribution < 1.29 is 28.6 Å². The highest BCUT2D eigenvalue weighted by atomic mass is 35.5. The van der Waals surface area contributed by atoms with E-state index in [-0.39, 0.29) is 0 Å². The van der Waals surface area contributed by atoms with Crippen molar-refractivity contribution in [2.45, 2.75) is 25.3 Å². The van der Waals surface area contributed by atoms with E-state index in [1.165, 1.54) is 17.1 Å². The second kappa shape index (κ2) is 8.97. The third-order valence-electron chi connectivity index (χ3n) is 4.52. The Morgan fingerprint density at radius 1 is 1.25 bits per heavy atom. The van der Waals surface area contributed by atoms with Gasteiger partial charge in [0.2, 0.25) is 5.91 Å². The van der Waals surface area contributed by atoms with Crippen molar-refractivity contribution >= 4 is 35.5 Å². The number of nitrogens with two attached hydrogens (primary N) is 1. The fourth-order valence-electron chi connectivity index (χ4n) is 3.18. The maximum Gasteiger partial charge on any atom is 0.331 e. The Kier molecular flexibility index (Phi) is 6.41. The van der Waals surface area contributed by atoms with Crippen molar-refractivity contribution in [2.24, 2.45) is 5.73 Å². The second-order valence-corrected chi connectivity index (χ2v) is 6.88. The van der Waals surface area contributed by atoms with Gasteiger partial charge in [-0.15, -0.1) is 0 Å². The average molecular weight is 409 g/mol. The van der Waals surface area contributed by atoms with Gasteiger partial charge in [0, 0.05) is 12.6 Å². The molecule has 2 aliphatic heterocycles. The van der Waals surface area contributed by atoms with Gasteiger partial charge in [0.1, 0.15) is 19.3 Å². The van der Waals surface area contributed by atoms with Crippen LogP contribution in [0.3, 0.4) is 0 Å². The van der Waals surface area contributed by atoms with Crippen LogP contribution < -0.4 is 15.2 Å². The van der Waals surface area contributed by atoms with Gasteiger partial charge >= 0.3 is 5.97 Å². The summed E-state index contributed by atoms with van der Waals surface area (Å²) in [6, 6.07) is 2.69. The Balaban J connectivity index is 1.56. The highest BCUT2D eigenvalue weighted by Crippen LogP contribution is 2.38. The van der Waals surface area contributed by atoms with Crippen LogP contribution in [-0.2, 0) is 19.1 Å². The molecule has 1 atom stereocenters. The van der Waals surface area contributed by atoms with Gasteiger partial charge in [-0.05, 0) is 43.0 Å². The molecule has 2 amide bonds. The third-order valence-corrected chi connectivity index (χ3v) is 4.80. The van der Waals surface area contributed by atoms with Gasteiger partial charge < -0.3 is 24.8 Å². The van der Waals surface area contributed by atoms with Gasteiger partial charge in [0.05, 0.1) is 5.02 Å². The maximum absolute atomic E-state index is 12.3. The molecule has 1 aromatic carbocycles. The lowest BCUT2D eigenvalue weighted by Gasteiger charge is -2.33. The zero-order chi connectivity index (χ0) is 20.1. The molecule has 9 heteroatoms. The number of hydrogen-bond acceptors (Lipinski definition) is 6. The topological polar surface area (TPSA) is 108 Å². The molecule has 0 radical (unpaired) electrons.